The van der Waals surface area contributed by atoms with Crippen LogP contribution in [0.15, 0.2) is 42.5 Å². The number of carboxylic acid groups (broad SMARTS) is 1. The summed E-state index contributed by atoms with van der Waals surface area (Å²) in [6.07, 6.45) is 3.23. The molecule has 0 aliphatic heterocycles. The Kier molecular flexibility index (Phi) is 6.70. The average molecular weight is 489 g/mol. The summed E-state index contributed by atoms with van der Waals surface area (Å²) in [6.45, 7) is 2.45. The van der Waals surface area contributed by atoms with Crippen molar-refractivity contribution in [3.05, 3.63) is 65.2 Å². The predicted molar refractivity (Wildman–Crippen MR) is 129 cm³/mol. The molecule has 1 fully saturated rings. The number of pyridine rings is 1. The van der Waals surface area contributed by atoms with Crippen molar-refractivity contribution in [2.24, 2.45) is 13.0 Å². The van der Waals surface area contributed by atoms with E-state index in [1.165, 1.54) is 0 Å². The van der Waals surface area contributed by atoms with E-state index in [9.17, 15) is 9.90 Å². The molecule has 5 rings (SSSR count). The number of aromatic nitrogens is 8. The molecule has 0 bridgehead atoms. The molecular formula is C25H28N8O3. The Bertz CT molecular complexity index is 1350. The van der Waals surface area contributed by atoms with Crippen molar-refractivity contribution in [2.75, 3.05) is 0 Å². The Balaban J connectivity index is 1.34. The van der Waals surface area contributed by atoms with Gasteiger partial charge in [-0.25, -0.2) is 9.67 Å². The number of hydrogen-bond donors (Lipinski definition) is 1. The van der Waals surface area contributed by atoms with Crippen LogP contribution < -0.4 is 4.74 Å². The van der Waals surface area contributed by atoms with Gasteiger partial charge in [0, 0.05) is 7.05 Å². The minimum atomic E-state index is -0.751. The van der Waals surface area contributed by atoms with E-state index in [0.717, 1.165) is 29.8 Å². The highest BCUT2D eigenvalue weighted by Gasteiger charge is 2.28. The number of aliphatic carboxylic acids is 1. The van der Waals surface area contributed by atoms with Crippen molar-refractivity contribution in [3.63, 3.8) is 0 Å². The Morgan fingerprint density at radius 2 is 1.94 bits per heavy atom. The van der Waals surface area contributed by atoms with Crippen LogP contribution in [-0.4, -0.2) is 57.4 Å². The Labute approximate surface area is 208 Å². The van der Waals surface area contributed by atoms with Gasteiger partial charge in [-0.05, 0) is 60.7 Å². The number of ether oxygens (including phenoxy) is 1. The van der Waals surface area contributed by atoms with Crippen molar-refractivity contribution in [1.82, 2.24) is 40.2 Å². The molecule has 0 radical (unpaired) electrons. The van der Waals surface area contributed by atoms with Crippen molar-refractivity contribution in [2.45, 2.75) is 51.7 Å². The van der Waals surface area contributed by atoms with Crippen molar-refractivity contribution in [1.29, 1.82) is 0 Å². The highest BCUT2D eigenvalue weighted by atomic mass is 16.5. The second kappa shape index (κ2) is 10.2. The molecule has 1 aliphatic carbocycles. The van der Waals surface area contributed by atoms with Crippen LogP contribution in [-0.2, 0) is 24.8 Å². The van der Waals surface area contributed by atoms with Crippen LogP contribution in [0.25, 0.3) is 11.4 Å². The van der Waals surface area contributed by atoms with Gasteiger partial charge in [-0.1, -0.05) is 35.5 Å². The van der Waals surface area contributed by atoms with Gasteiger partial charge in [0.1, 0.15) is 11.4 Å². The summed E-state index contributed by atoms with van der Waals surface area (Å²) in [5.41, 5.74) is 4.00. The van der Waals surface area contributed by atoms with Crippen molar-refractivity contribution < 1.29 is 14.6 Å². The molecule has 0 spiro atoms. The Morgan fingerprint density at radius 1 is 1.11 bits per heavy atom. The number of benzene rings is 1. The largest absolute Gasteiger partial charge is 0.489 e. The van der Waals surface area contributed by atoms with E-state index in [0.29, 0.717) is 48.8 Å². The topological polar surface area (TPSA) is 134 Å². The summed E-state index contributed by atoms with van der Waals surface area (Å²) in [6, 6.07) is 13.8. The number of nitrogens with zero attached hydrogens (tertiary/aromatic N) is 8. The molecule has 4 aromatic rings. The molecule has 186 valence electrons. The maximum Gasteiger partial charge on any atom is 0.306 e. The first kappa shape index (κ1) is 23.6. The Morgan fingerprint density at radius 3 is 2.72 bits per heavy atom. The van der Waals surface area contributed by atoms with E-state index in [2.05, 4.69) is 25.8 Å². The number of hydrogen-bond acceptors (Lipinski definition) is 8. The zero-order valence-electron chi connectivity index (χ0n) is 20.3. The third-order valence-corrected chi connectivity index (χ3v) is 6.60. The van der Waals surface area contributed by atoms with E-state index < -0.39 is 5.97 Å². The summed E-state index contributed by atoms with van der Waals surface area (Å²) in [5.74, 6) is 0.259. The highest BCUT2D eigenvalue weighted by Crippen LogP contribution is 2.30. The van der Waals surface area contributed by atoms with Gasteiger partial charge in [0.15, 0.2) is 5.82 Å². The van der Waals surface area contributed by atoms with Crippen LogP contribution in [0.3, 0.4) is 0 Å². The molecule has 3 heterocycles. The third-order valence-electron chi connectivity index (χ3n) is 6.60. The average Bonchev–Trinajstić information content (AvgIpc) is 3.47. The number of aryl methyl sites for hydroxylation is 2. The molecule has 1 saturated carbocycles. The summed E-state index contributed by atoms with van der Waals surface area (Å²) < 4.78 is 9.64. The molecule has 2 atom stereocenters. The van der Waals surface area contributed by atoms with Gasteiger partial charge in [-0.3, -0.25) is 9.48 Å². The van der Waals surface area contributed by atoms with Gasteiger partial charge >= 0.3 is 5.97 Å². The van der Waals surface area contributed by atoms with Crippen molar-refractivity contribution in [3.8, 4) is 17.1 Å². The second-order valence-electron chi connectivity index (χ2n) is 9.15. The zero-order valence-corrected chi connectivity index (χ0v) is 20.3. The zero-order chi connectivity index (χ0) is 25.1. The quantitative estimate of drug-likeness (QED) is 0.397. The standard InChI is InChI=1S/C25H28N8O3/c1-16-22(36-19-10-6-9-18(13-19)25(34)35)12-11-20(26-16)24-21(32(2)30-28-24)14-23-27-29-31-33(23)15-17-7-4-3-5-8-17/h3-5,7-8,11-12,18-19H,6,9-10,13-15H2,1-2H3,(H,34,35)/t18-,19-/m0/s1. The lowest BCUT2D eigenvalue weighted by molar-refractivity contribution is -0.143. The van der Waals surface area contributed by atoms with E-state index in [4.69, 9.17) is 9.72 Å². The fourth-order valence-electron chi connectivity index (χ4n) is 4.61. The first-order valence-electron chi connectivity index (χ1n) is 12.0. The lowest BCUT2D eigenvalue weighted by atomic mass is 9.87. The maximum absolute atomic E-state index is 11.4. The fourth-order valence-corrected chi connectivity index (χ4v) is 4.61. The van der Waals surface area contributed by atoms with Crippen LogP contribution in [0, 0.1) is 12.8 Å². The molecule has 0 amide bonds. The maximum atomic E-state index is 11.4. The fraction of sp³-hybridized carbons (Fsp3) is 0.400. The molecule has 11 nitrogen and oxygen atoms in total. The first-order chi connectivity index (χ1) is 17.5. The second-order valence-corrected chi connectivity index (χ2v) is 9.15. The number of carboxylic acids is 1. The van der Waals surface area contributed by atoms with Gasteiger partial charge in [0.2, 0.25) is 0 Å². The molecule has 11 heteroatoms. The number of rotatable bonds is 8. The van der Waals surface area contributed by atoms with E-state index in [-0.39, 0.29) is 12.0 Å². The van der Waals surface area contributed by atoms with Gasteiger partial charge in [-0.15, -0.1) is 10.2 Å². The van der Waals surface area contributed by atoms with E-state index in [1.54, 1.807) is 9.36 Å². The minimum absolute atomic E-state index is 0.123. The summed E-state index contributed by atoms with van der Waals surface area (Å²) in [4.78, 5) is 16.1. The van der Waals surface area contributed by atoms with E-state index in [1.807, 2.05) is 56.4 Å². The molecule has 0 saturated heterocycles. The lowest BCUT2D eigenvalue weighted by Gasteiger charge is -2.27. The van der Waals surface area contributed by atoms with Crippen LogP contribution in [0.4, 0.5) is 0 Å². The molecule has 0 unspecified atom stereocenters. The first-order valence-corrected chi connectivity index (χ1v) is 12.0. The van der Waals surface area contributed by atoms with Crippen LogP contribution in [0.2, 0.25) is 0 Å². The molecule has 36 heavy (non-hydrogen) atoms. The smallest absolute Gasteiger partial charge is 0.306 e. The summed E-state index contributed by atoms with van der Waals surface area (Å²) in [7, 11) is 1.84. The summed E-state index contributed by atoms with van der Waals surface area (Å²) in [5, 5.41) is 30.2. The molecule has 3 aromatic heterocycles. The van der Waals surface area contributed by atoms with Gasteiger partial charge in [0.05, 0.1) is 42.1 Å². The number of carbonyl (C=O) groups is 1. The molecule has 1 aliphatic rings. The van der Waals surface area contributed by atoms with Crippen LogP contribution >= 0.6 is 0 Å². The predicted octanol–water partition coefficient (Wildman–Crippen LogP) is 2.83. The monoisotopic (exact) mass is 488 g/mol. The highest BCUT2D eigenvalue weighted by molar-refractivity contribution is 5.70. The lowest BCUT2D eigenvalue weighted by Crippen LogP contribution is -2.29. The molecule has 1 aromatic carbocycles. The van der Waals surface area contributed by atoms with Crippen LogP contribution in [0.1, 0.15) is 48.5 Å². The minimum Gasteiger partial charge on any atom is -0.489 e. The third kappa shape index (κ3) is 5.09. The van der Waals surface area contributed by atoms with Gasteiger partial charge < -0.3 is 9.84 Å². The summed E-state index contributed by atoms with van der Waals surface area (Å²) >= 11 is 0. The van der Waals surface area contributed by atoms with Gasteiger partial charge in [-0.2, -0.15) is 0 Å². The van der Waals surface area contributed by atoms with E-state index >= 15 is 0 Å². The van der Waals surface area contributed by atoms with Gasteiger partial charge in [0.25, 0.3) is 0 Å². The van der Waals surface area contributed by atoms with Crippen LogP contribution in [0.5, 0.6) is 5.75 Å². The number of tetrazole rings is 1. The SMILES string of the molecule is Cc1nc(-c2nnn(C)c2Cc2nnnn2Cc2ccccc2)ccc1O[C@H]1CCC[C@H](C(=O)O)C1. The Hall–Kier alpha value is -4.15. The van der Waals surface area contributed by atoms with Crippen molar-refractivity contribution >= 4 is 5.97 Å². The molecular weight excluding hydrogens is 460 g/mol. The molecule has 1 N–H and O–H groups in total. The normalized spacial score (nSPS) is 17.7.